The minimum atomic E-state index is -3.69. The smallest absolute Gasteiger partial charge is 0.243 e. The van der Waals surface area contributed by atoms with Gasteiger partial charge in [0.1, 0.15) is 11.9 Å². The van der Waals surface area contributed by atoms with Gasteiger partial charge in [0.2, 0.25) is 15.9 Å². The average molecular weight is 404 g/mol. The first kappa shape index (κ1) is 20.3. The molecule has 1 aliphatic rings. The molecule has 1 unspecified atom stereocenters. The number of fused-ring (bicyclic) bond motifs is 1. The summed E-state index contributed by atoms with van der Waals surface area (Å²) in [6.45, 7) is 6.27. The molecule has 0 bridgehead atoms. The Balaban J connectivity index is 1.88. The van der Waals surface area contributed by atoms with Gasteiger partial charge in [-0.15, -0.1) is 0 Å². The zero-order chi connectivity index (χ0) is 20.3. The molecular weight excluding hydrogens is 378 g/mol. The zero-order valence-corrected chi connectivity index (χ0v) is 17.1. The van der Waals surface area contributed by atoms with Gasteiger partial charge in [-0.25, -0.2) is 8.42 Å². The molecule has 0 saturated carbocycles. The van der Waals surface area contributed by atoms with E-state index in [1.165, 1.54) is 17.3 Å². The van der Waals surface area contributed by atoms with E-state index in [0.29, 0.717) is 37.5 Å². The Hall–Kier alpha value is -2.45. The van der Waals surface area contributed by atoms with Crippen molar-refractivity contribution in [2.24, 2.45) is 0 Å². The van der Waals surface area contributed by atoms with Gasteiger partial charge < -0.3 is 9.64 Å². The fourth-order valence-electron chi connectivity index (χ4n) is 3.28. The highest BCUT2D eigenvalue weighted by Crippen LogP contribution is 2.36. The molecular formula is C20H25N3O4S. The molecule has 1 aliphatic heterocycles. The summed E-state index contributed by atoms with van der Waals surface area (Å²) in [5.41, 5.74) is 1.52. The Kier molecular flexibility index (Phi) is 6.00. The molecule has 28 heavy (non-hydrogen) atoms. The molecule has 1 aromatic carbocycles. The third-order valence-electron chi connectivity index (χ3n) is 4.76. The molecule has 0 spiro atoms. The molecule has 0 fully saturated rings. The van der Waals surface area contributed by atoms with E-state index in [1.54, 1.807) is 29.4 Å². The van der Waals surface area contributed by atoms with E-state index in [4.69, 9.17) is 4.74 Å². The van der Waals surface area contributed by atoms with E-state index >= 15 is 0 Å². The summed E-state index contributed by atoms with van der Waals surface area (Å²) in [7, 11) is -3.69. The number of sulfonamides is 1. The Morgan fingerprint density at radius 3 is 2.64 bits per heavy atom. The van der Waals surface area contributed by atoms with Crippen LogP contribution in [-0.2, 0) is 21.2 Å². The molecule has 0 saturated heterocycles. The first-order chi connectivity index (χ1) is 13.3. The van der Waals surface area contributed by atoms with Gasteiger partial charge in [0.05, 0.1) is 17.1 Å². The standard InChI is InChI=1S/C20H25N3O4S/c1-4-22(12-9-17-7-10-21-11-8-17)28(25,26)18-5-6-20-19(13-18)23(16(3)24)14-15(2)27-20/h5-8,10-11,13,15H,4,9,12,14H2,1-3H3. The number of carbonyl (C=O) groups is 1. The molecule has 7 nitrogen and oxygen atoms in total. The molecule has 1 aromatic heterocycles. The van der Waals surface area contributed by atoms with Crippen molar-refractivity contribution in [1.82, 2.24) is 9.29 Å². The number of aromatic nitrogens is 1. The van der Waals surface area contributed by atoms with Crippen LogP contribution in [0.3, 0.4) is 0 Å². The molecule has 8 heteroatoms. The number of carbonyl (C=O) groups excluding carboxylic acids is 1. The van der Waals surface area contributed by atoms with Crippen LogP contribution >= 0.6 is 0 Å². The summed E-state index contributed by atoms with van der Waals surface area (Å²) in [5.74, 6) is 0.378. The third-order valence-corrected chi connectivity index (χ3v) is 6.73. The summed E-state index contributed by atoms with van der Waals surface area (Å²) in [4.78, 5) is 17.7. The predicted molar refractivity (Wildman–Crippen MR) is 107 cm³/mol. The maximum atomic E-state index is 13.2. The van der Waals surface area contributed by atoms with Crippen LogP contribution in [-0.4, -0.2) is 49.4 Å². The number of pyridine rings is 1. The first-order valence-corrected chi connectivity index (χ1v) is 10.7. The summed E-state index contributed by atoms with van der Waals surface area (Å²) < 4.78 is 33.6. The van der Waals surface area contributed by atoms with Crippen molar-refractivity contribution in [2.75, 3.05) is 24.5 Å². The van der Waals surface area contributed by atoms with Crippen molar-refractivity contribution < 1.29 is 17.9 Å². The van der Waals surface area contributed by atoms with Crippen molar-refractivity contribution in [3.63, 3.8) is 0 Å². The average Bonchev–Trinajstić information content (AvgIpc) is 2.68. The number of nitrogens with zero attached hydrogens (tertiary/aromatic N) is 3. The van der Waals surface area contributed by atoms with Crippen LogP contribution < -0.4 is 9.64 Å². The number of likely N-dealkylation sites (N-methyl/N-ethyl adjacent to an activating group) is 1. The second-order valence-electron chi connectivity index (χ2n) is 6.79. The van der Waals surface area contributed by atoms with E-state index < -0.39 is 10.0 Å². The van der Waals surface area contributed by atoms with Gasteiger partial charge in [0.15, 0.2) is 0 Å². The lowest BCUT2D eigenvalue weighted by molar-refractivity contribution is -0.117. The maximum absolute atomic E-state index is 13.2. The number of rotatable bonds is 6. The normalized spacial score (nSPS) is 16.6. The fraction of sp³-hybridized carbons (Fsp3) is 0.400. The molecule has 0 N–H and O–H groups in total. The Morgan fingerprint density at radius 1 is 1.29 bits per heavy atom. The summed E-state index contributed by atoms with van der Waals surface area (Å²) in [6.07, 6.45) is 3.84. The highest BCUT2D eigenvalue weighted by molar-refractivity contribution is 7.89. The highest BCUT2D eigenvalue weighted by Gasteiger charge is 2.29. The first-order valence-electron chi connectivity index (χ1n) is 9.30. The number of benzene rings is 1. The van der Waals surface area contributed by atoms with Gasteiger partial charge in [-0.1, -0.05) is 6.92 Å². The number of hydrogen-bond acceptors (Lipinski definition) is 5. The van der Waals surface area contributed by atoms with Gasteiger partial charge in [-0.3, -0.25) is 9.78 Å². The molecule has 1 amide bonds. The van der Waals surface area contributed by atoms with Crippen LogP contribution in [0.5, 0.6) is 5.75 Å². The van der Waals surface area contributed by atoms with Crippen LogP contribution in [0.1, 0.15) is 26.3 Å². The highest BCUT2D eigenvalue weighted by atomic mass is 32.2. The van der Waals surface area contributed by atoms with Crippen LogP contribution in [0.15, 0.2) is 47.6 Å². The third kappa shape index (κ3) is 4.18. The fourth-order valence-corrected chi connectivity index (χ4v) is 4.75. The summed E-state index contributed by atoms with van der Waals surface area (Å²) >= 11 is 0. The molecule has 1 atom stereocenters. The van der Waals surface area contributed by atoms with Crippen molar-refractivity contribution in [3.05, 3.63) is 48.3 Å². The van der Waals surface area contributed by atoms with Gasteiger partial charge >= 0.3 is 0 Å². The Labute approximate surface area is 166 Å². The van der Waals surface area contributed by atoms with Crippen molar-refractivity contribution in [1.29, 1.82) is 0 Å². The minimum Gasteiger partial charge on any atom is -0.487 e. The lowest BCUT2D eigenvalue weighted by atomic mass is 10.2. The van der Waals surface area contributed by atoms with Gasteiger partial charge in [-0.05, 0) is 49.2 Å². The lowest BCUT2D eigenvalue weighted by Crippen LogP contribution is -2.41. The zero-order valence-electron chi connectivity index (χ0n) is 16.3. The van der Waals surface area contributed by atoms with E-state index in [0.717, 1.165) is 5.56 Å². The van der Waals surface area contributed by atoms with E-state index in [1.807, 2.05) is 26.0 Å². The van der Waals surface area contributed by atoms with Crippen LogP contribution in [0.4, 0.5) is 5.69 Å². The number of amides is 1. The van der Waals surface area contributed by atoms with Crippen molar-refractivity contribution in [3.8, 4) is 5.75 Å². The van der Waals surface area contributed by atoms with Gasteiger partial charge in [0.25, 0.3) is 0 Å². The topological polar surface area (TPSA) is 79.8 Å². The molecule has 2 aromatic rings. The van der Waals surface area contributed by atoms with E-state index in [9.17, 15) is 13.2 Å². The quantitative estimate of drug-likeness (QED) is 0.740. The lowest BCUT2D eigenvalue weighted by Gasteiger charge is -2.33. The Morgan fingerprint density at radius 2 is 2.00 bits per heavy atom. The molecule has 3 rings (SSSR count). The monoisotopic (exact) mass is 403 g/mol. The predicted octanol–water partition coefficient (Wildman–Crippen LogP) is 2.47. The van der Waals surface area contributed by atoms with Gasteiger partial charge in [-0.2, -0.15) is 4.31 Å². The minimum absolute atomic E-state index is 0.143. The molecule has 0 aliphatic carbocycles. The second-order valence-corrected chi connectivity index (χ2v) is 8.73. The second kappa shape index (κ2) is 8.28. The number of ether oxygens (including phenoxy) is 1. The molecule has 2 heterocycles. The number of anilines is 1. The summed E-state index contributed by atoms with van der Waals surface area (Å²) in [6, 6.07) is 8.46. The van der Waals surface area contributed by atoms with Crippen molar-refractivity contribution in [2.45, 2.75) is 38.2 Å². The molecule has 0 radical (unpaired) electrons. The van der Waals surface area contributed by atoms with Gasteiger partial charge in [0, 0.05) is 32.4 Å². The molecule has 150 valence electrons. The maximum Gasteiger partial charge on any atom is 0.243 e. The van der Waals surface area contributed by atoms with Crippen LogP contribution in [0.2, 0.25) is 0 Å². The summed E-state index contributed by atoms with van der Waals surface area (Å²) in [5, 5.41) is 0. The van der Waals surface area contributed by atoms with Crippen molar-refractivity contribution >= 4 is 21.6 Å². The Bertz CT molecular complexity index is 947. The SMILES string of the molecule is CCN(CCc1ccncc1)S(=O)(=O)c1ccc2c(c1)N(C(C)=O)CC(C)O2. The van der Waals surface area contributed by atoms with Crippen LogP contribution in [0, 0.1) is 0 Å². The van der Waals surface area contributed by atoms with E-state index in [-0.39, 0.29) is 16.9 Å². The van der Waals surface area contributed by atoms with Crippen LogP contribution in [0.25, 0.3) is 0 Å². The largest absolute Gasteiger partial charge is 0.487 e. The number of hydrogen-bond donors (Lipinski definition) is 0. The van der Waals surface area contributed by atoms with E-state index in [2.05, 4.69) is 4.98 Å².